The second-order valence-electron chi connectivity index (χ2n) is 10.7. The smallest absolute Gasteiger partial charge is 0.139 e. The summed E-state index contributed by atoms with van der Waals surface area (Å²) in [7, 11) is -3.99. The molecule has 0 aromatic carbocycles. The van der Waals surface area contributed by atoms with Gasteiger partial charge in [0.25, 0.3) is 0 Å². The maximum absolute atomic E-state index is 12.3. The molecule has 5 heteroatoms. The maximum atomic E-state index is 12.3. The molecule has 1 aliphatic carbocycles. The SMILES string of the molecule is CC(C)(C)[Si](C)(C)C(O)C1CC(=O)C1C(O)[Si](C)(C)C(C)(C)C. The van der Waals surface area contributed by atoms with Crippen molar-refractivity contribution in [1.29, 1.82) is 0 Å². The highest BCUT2D eigenvalue weighted by Gasteiger charge is 2.58. The third kappa shape index (κ3) is 3.53. The summed E-state index contributed by atoms with van der Waals surface area (Å²) in [4.78, 5) is 12.3. The van der Waals surface area contributed by atoms with Crippen LogP contribution in [-0.2, 0) is 4.79 Å². The first-order valence-electron chi connectivity index (χ1n) is 8.85. The molecule has 136 valence electrons. The molecule has 1 saturated carbocycles. The Morgan fingerprint density at radius 1 is 0.870 bits per heavy atom. The monoisotopic (exact) mass is 358 g/mol. The van der Waals surface area contributed by atoms with Gasteiger partial charge in [0, 0.05) is 24.0 Å². The number of rotatable bonds is 4. The van der Waals surface area contributed by atoms with E-state index >= 15 is 0 Å². The van der Waals surface area contributed by atoms with Crippen LogP contribution < -0.4 is 0 Å². The van der Waals surface area contributed by atoms with E-state index in [0.717, 1.165) is 0 Å². The summed E-state index contributed by atoms with van der Waals surface area (Å²) < 4.78 is 0. The highest BCUT2D eigenvalue weighted by molar-refractivity contribution is 6.82. The molecule has 1 rings (SSSR count). The van der Waals surface area contributed by atoms with Crippen LogP contribution >= 0.6 is 0 Å². The summed E-state index contributed by atoms with van der Waals surface area (Å²) in [5.41, 5.74) is -1.02. The molecule has 0 aromatic heterocycles. The minimum Gasteiger partial charge on any atom is -0.396 e. The summed E-state index contributed by atoms with van der Waals surface area (Å²) in [6.45, 7) is 21.8. The van der Waals surface area contributed by atoms with Gasteiger partial charge in [-0.2, -0.15) is 0 Å². The van der Waals surface area contributed by atoms with E-state index in [1.54, 1.807) is 0 Å². The molecule has 0 aliphatic heterocycles. The van der Waals surface area contributed by atoms with Crippen LogP contribution in [-0.4, -0.2) is 43.6 Å². The lowest BCUT2D eigenvalue weighted by Gasteiger charge is -2.53. The number of hydrogen-bond donors (Lipinski definition) is 2. The molecular weight excluding hydrogens is 320 g/mol. The summed E-state index contributed by atoms with van der Waals surface area (Å²) >= 11 is 0. The zero-order chi connectivity index (χ0) is 18.6. The molecule has 4 atom stereocenters. The molecule has 3 nitrogen and oxygen atoms in total. The number of carbonyl (C=O) groups excluding carboxylic acids is 1. The van der Waals surface area contributed by atoms with Crippen LogP contribution in [0.2, 0.25) is 36.3 Å². The van der Waals surface area contributed by atoms with Gasteiger partial charge in [0.15, 0.2) is 0 Å². The number of ketones is 1. The minimum absolute atomic E-state index is 0.0226. The molecule has 0 aromatic rings. The second-order valence-corrected chi connectivity index (χ2v) is 21.8. The molecule has 4 unspecified atom stereocenters. The Morgan fingerprint density at radius 2 is 1.22 bits per heavy atom. The van der Waals surface area contributed by atoms with Crippen molar-refractivity contribution in [2.24, 2.45) is 11.8 Å². The lowest BCUT2D eigenvalue weighted by atomic mass is 9.73. The number of aliphatic hydroxyl groups excluding tert-OH is 2. The van der Waals surface area contributed by atoms with Gasteiger partial charge in [0.05, 0.1) is 21.9 Å². The van der Waals surface area contributed by atoms with Crippen molar-refractivity contribution in [1.82, 2.24) is 0 Å². The molecule has 0 spiro atoms. The standard InChI is InChI=1S/C18H38O3Si2/c1-17(2,3)22(7,8)15(20)12-11-13(19)14(12)16(21)23(9,10)18(4,5)6/h12,14-16,20-21H,11H2,1-10H3. The first-order valence-corrected chi connectivity index (χ1v) is 15.0. The Hall–Kier alpha value is 0.0238. The maximum Gasteiger partial charge on any atom is 0.139 e. The Morgan fingerprint density at radius 3 is 1.52 bits per heavy atom. The van der Waals surface area contributed by atoms with Crippen LogP contribution in [0.5, 0.6) is 0 Å². The van der Waals surface area contributed by atoms with Crippen LogP contribution in [0, 0.1) is 11.8 Å². The first kappa shape index (κ1) is 21.1. The van der Waals surface area contributed by atoms with Crippen molar-refractivity contribution in [3.05, 3.63) is 0 Å². The zero-order valence-corrected chi connectivity index (χ0v) is 18.8. The molecule has 1 fully saturated rings. The van der Waals surface area contributed by atoms with E-state index in [4.69, 9.17) is 0 Å². The molecule has 1 aliphatic rings. The van der Waals surface area contributed by atoms with Crippen LogP contribution in [0.1, 0.15) is 48.0 Å². The van der Waals surface area contributed by atoms with E-state index in [0.29, 0.717) is 6.42 Å². The number of hydrogen-bond acceptors (Lipinski definition) is 3. The fourth-order valence-corrected chi connectivity index (χ4v) is 7.66. The molecule has 0 heterocycles. The average molecular weight is 359 g/mol. The molecule has 0 saturated heterocycles. The van der Waals surface area contributed by atoms with Gasteiger partial charge >= 0.3 is 0 Å². The van der Waals surface area contributed by atoms with Crippen molar-refractivity contribution in [3.8, 4) is 0 Å². The van der Waals surface area contributed by atoms with E-state index in [-0.39, 0.29) is 27.7 Å². The Labute approximate surface area is 144 Å². The summed E-state index contributed by atoms with van der Waals surface area (Å²) in [5, 5.41) is 22.2. The van der Waals surface area contributed by atoms with Gasteiger partial charge in [0.2, 0.25) is 0 Å². The van der Waals surface area contributed by atoms with Crippen molar-refractivity contribution >= 4 is 21.9 Å². The predicted octanol–water partition coefficient (Wildman–Crippen LogP) is 4.01. The lowest BCUT2D eigenvalue weighted by molar-refractivity contribution is -0.142. The molecular formula is C18H38O3Si2. The van der Waals surface area contributed by atoms with Gasteiger partial charge in [0.1, 0.15) is 5.78 Å². The summed E-state index contributed by atoms with van der Waals surface area (Å²) in [5.74, 6) is -0.280. The first-order chi connectivity index (χ1) is 9.96. The lowest BCUT2D eigenvalue weighted by Crippen LogP contribution is -2.65. The van der Waals surface area contributed by atoms with Crippen molar-refractivity contribution < 1.29 is 15.0 Å². The predicted molar refractivity (Wildman–Crippen MR) is 103 cm³/mol. The highest BCUT2D eigenvalue weighted by atomic mass is 28.3. The molecule has 0 bridgehead atoms. The van der Waals surface area contributed by atoms with E-state index in [1.165, 1.54) is 0 Å². The van der Waals surface area contributed by atoms with Gasteiger partial charge < -0.3 is 10.2 Å². The zero-order valence-electron chi connectivity index (χ0n) is 16.8. The topological polar surface area (TPSA) is 57.5 Å². The molecule has 2 N–H and O–H groups in total. The fourth-order valence-electron chi connectivity index (χ4n) is 3.16. The van der Waals surface area contributed by atoms with Gasteiger partial charge in [-0.1, -0.05) is 67.7 Å². The third-order valence-corrected chi connectivity index (χ3v) is 18.8. The Balaban J connectivity index is 3.08. The van der Waals surface area contributed by atoms with Gasteiger partial charge in [-0.3, -0.25) is 4.79 Å². The number of aliphatic hydroxyl groups is 2. The molecule has 0 radical (unpaired) electrons. The van der Waals surface area contributed by atoms with Gasteiger partial charge in [-0.25, -0.2) is 0 Å². The minimum atomic E-state index is -2.04. The van der Waals surface area contributed by atoms with Crippen LogP contribution in [0.25, 0.3) is 0 Å². The molecule has 23 heavy (non-hydrogen) atoms. The van der Waals surface area contributed by atoms with Crippen LogP contribution in [0.4, 0.5) is 0 Å². The number of Topliss-reactive ketones (excluding diaryl/α,β-unsaturated/α-hetero) is 1. The van der Waals surface area contributed by atoms with Gasteiger partial charge in [-0.15, -0.1) is 0 Å². The Bertz CT molecular complexity index is 458. The number of carbonyl (C=O) groups is 1. The van der Waals surface area contributed by atoms with Crippen molar-refractivity contribution in [2.75, 3.05) is 0 Å². The third-order valence-electron chi connectivity index (χ3n) is 7.36. The largest absolute Gasteiger partial charge is 0.396 e. The quantitative estimate of drug-likeness (QED) is 0.747. The summed E-state index contributed by atoms with van der Waals surface area (Å²) in [6, 6.07) is 0. The van der Waals surface area contributed by atoms with Crippen molar-refractivity contribution in [2.45, 2.75) is 95.7 Å². The van der Waals surface area contributed by atoms with Crippen molar-refractivity contribution in [3.63, 3.8) is 0 Å². The highest BCUT2D eigenvalue weighted by Crippen LogP contribution is 2.49. The van der Waals surface area contributed by atoms with Crippen LogP contribution in [0.15, 0.2) is 0 Å². The van der Waals surface area contributed by atoms with E-state index in [2.05, 4.69) is 67.7 Å². The van der Waals surface area contributed by atoms with E-state index in [9.17, 15) is 15.0 Å². The average Bonchev–Trinajstić information content (AvgIpc) is 2.31. The van der Waals surface area contributed by atoms with Crippen LogP contribution in [0.3, 0.4) is 0 Å². The Kier molecular flexibility index (Phi) is 5.57. The van der Waals surface area contributed by atoms with Gasteiger partial charge in [-0.05, 0) is 10.1 Å². The summed E-state index contributed by atoms with van der Waals surface area (Å²) in [6.07, 6.45) is 0.435. The molecule has 0 amide bonds. The van der Waals surface area contributed by atoms with E-state index in [1.807, 2.05) is 0 Å². The fraction of sp³-hybridized carbons (Fsp3) is 0.944. The normalized spacial score (nSPS) is 26.7. The van der Waals surface area contributed by atoms with E-state index < -0.39 is 27.6 Å². The second kappa shape index (κ2) is 6.08.